The molecule has 1 N–H and O–H groups in total. The Labute approximate surface area is 181 Å². The Hall–Kier alpha value is -3.69. The highest BCUT2D eigenvalue weighted by Crippen LogP contribution is 2.39. The van der Waals surface area contributed by atoms with Gasteiger partial charge in [-0.3, -0.25) is 10.1 Å². The Kier molecular flexibility index (Phi) is 6.61. The van der Waals surface area contributed by atoms with Crippen LogP contribution in [0.1, 0.15) is 36.7 Å². The third-order valence-corrected chi connectivity index (χ3v) is 4.97. The Morgan fingerprint density at radius 1 is 1.12 bits per heavy atom. The first-order valence-corrected chi connectivity index (χ1v) is 9.67. The molecule has 168 valence electrons. The molecule has 0 amide bonds. The summed E-state index contributed by atoms with van der Waals surface area (Å²) < 4.78 is 44.9. The van der Waals surface area contributed by atoms with Crippen LogP contribution in [0, 0.1) is 10.1 Å². The minimum atomic E-state index is -4.74. The number of rotatable bonds is 6. The lowest BCUT2D eigenvalue weighted by molar-refractivity contribution is -0.431. The maximum atomic E-state index is 13.2. The van der Waals surface area contributed by atoms with E-state index >= 15 is 0 Å². The zero-order valence-corrected chi connectivity index (χ0v) is 17.3. The fourth-order valence-corrected chi connectivity index (χ4v) is 3.54. The average molecular weight is 447 g/mol. The molecule has 1 aliphatic rings. The molecule has 2 heterocycles. The number of hydrogen-bond acceptors (Lipinski definition) is 6. The van der Waals surface area contributed by atoms with E-state index < -0.39 is 34.4 Å². The summed E-state index contributed by atoms with van der Waals surface area (Å²) in [6.45, 7) is 2.92. The summed E-state index contributed by atoms with van der Waals surface area (Å²) in [7, 11) is 0. The summed E-state index contributed by atoms with van der Waals surface area (Å²) in [5.41, 5.74) is -0.796. The first-order chi connectivity index (χ1) is 15.1. The maximum absolute atomic E-state index is 13.2. The zero-order chi connectivity index (χ0) is 23.5. The van der Waals surface area contributed by atoms with Crippen molar-refractivity contribution >= 4 is 5.97 Å². The first kappa shape index (κ1) is 23.0. The molecule has 0 bridgehead atoms. The molecule has 3 rings (SSSR count). The normalized spacial score (nSPS) is 16.6. The largest absolute Gasteiger partial charge is 0.462 e. The van der Waals surface area contributed by atoms with E-state index in [-0.39, 0.29) is 29.3 Å². The summed E-state index contributed by atoms with van der Waals surface area (Å²) in [5.74, 6) is -2.28. The molecule has 10 heteroatoms. The topological polar surface area (TPSA) is 94.4 Å². The Balaban J connectivity index is 1.96. The van der Waals surface area contributed by atoms with Crippen molar-refractivity contribution in [2.75, 3.05) is 6.61 Å². The highest BCUT2D eigenvalue weighted by atomic mass is 19.4. The molecule has 7 nitrogen and oxygen atoms in total. The van der Waals surface area contributed by atoms with Crippen molar-refractivity contribution in [1.82, 2.24) is 10.3 Å². The van der Waals surface area contributed by atoms with Crippen LogP contribution in [-0.2, 0) is 22.1 Å². The minimum Gasteiger partial charge on any atom is -0.462 e. The van der Waals surface area contributed by atoms with Crippen LogP contribution in [0.2, 0.25) is 0 Å². The number of halogens is 3. The standard InChI is InChI=1S/C22H20F3N3O4/c1-13-18(21(29)32-12-11-15-7-4-3-5-8-15)19(20(28(30)31)14(2)26-13)16-9-6-10-17(27-16)22(23,24)25/h3-10,19,26H,11-12H2,1-2H3/t19-/m1/s1. The lowest BCUT2D eigenvalue weighted by Crippen LogP contribution is -2.32. The minimum absolute atomic E-state index is 0.00113. The number of hydrogen-bond donors (Lipinski definition) is 1. The van der Waals surface area contributed by atoms with Gasteiger partial charge in [0.15, 0.2) is 0 Å². The van der Waals surface area contributed by atoms with E-state index in [0.29, 0.717) is 6.42 Å². The third-order valence-electron chi connectivity index (χ3n) is 4.97. The number of carbonyl (C=O) groups excluding carboxylic acids is 1. The lowest BCUT2D eigenvalue weighted by Gasteiger charge is -2.26. The summed E-state index contributed by atoms with van der Waals surface area (Å²) in [5, 5.41) is 14.5. The number of nitrogens with zero attached hydrogens (tertiary/aromatic N) is 2. The molecule has 0 fully saturated rings. The van der Waals surface area contributed by atoms with Gasteiger partial charge in [-0.25, -0.2) is 9.78 Å². The van der Waals surface area contributed by atoms with E-state index in [4.69, 9.17) is 4.74 Å². The number of dihydropyridines is 1. The molecule has 1 aliphatic heterocycles. The Morgan fingerprint density at radius 2 is 1.81 bits per heavy atom. The molecule has 0 aliphatic carbocycles. The number of pyridine rings is 1. The van der Waals surface area contributed by atoms with E-state index in [0.717, 1.165) is 17.7 Å². The molecule has 0 radical (unpaired) electrons. The lowest BCUT2D eigenvalue weighted by atomic mass is 9.86. The van der Waals surface area contributed by atoms with E-state index in [1.54, 1.807) is 0 Å². The van der Waals surface area contributed by atoms with Crippen LogP contribution < -0.4 is 5.32 Å². The number of allylic oxidation sites excluding steroid dienone is 3. The molecular formula is C22H20F3N3O4. The van der Waals surface area contributed by atoms with Gasteiger partial charge in [0.05, 0.1) is 28.5 Å². The molecule has 0 saturated heterocycles. The van der Waals surface area contributed by atoms with Crippen molar-refractivity contribution in [3.05, 3.63) is 98.3 Å². The predicted molar refractivity (Wildman–Crippen MR) is 109 cm³/mol. The zero-order valence-electron chi connectivity index (χ0n) is 17.3. The molecule has 2 aromatic rings. The van der Waals surface area contributed by atoms with Gasteiger partial charge in [0.25, 0.3) is 5.70 Å². The second-order valence-electron chi connectivity index (χ2n) is 7.18. The number of esters is 1. The predicted octanol–water partition coefficient (Wildman–Crippen LogP) is 4.36. The number of benzene rings is 1. The van der Waals surface area contributed by atoms with Crippen molar-refractivity contribution in [2.24, 2.45) is 0 Å². The van der Waals surface area contributed by atoms with Gasteiger partial charge in [0.2, 0.25) is 0 Å². The fourth-order valence-electron chi connectivity index (χ4n) is 3.54. The van der Waals surface area contributed by atoms with Crippen LogP contribution in [0.15, 0.2) is 71.2 Å². The molecular weight excluding hydrogens is 427 g/mol. The Morgan fingerprint density at radius 3 is 2.44 bits per heavy atom. The molecule has 32 heavy (non-hydrogen) atoms. The van der Waals surface area contributed by atoms with Gasteiger partial charge in [-0.1, -0.05) is 36.4 Å². The van der Waals surface area contributed by atoms with Crippen molar-refractivity contribution in [3.63, 3.8) is 0 Å². The quantitative estimate of drug-likeness (QED) is 0.402. The maximum Gasteiger partial charge on any atom is 0.433 e. The van der Waals surface area contributed by atoms with Crippen LogP contribution in [0.25, 0.3) is 0 Å². The average Bonchev–Trinajstić information content (AvgIpc) is 2.73. The summed E-state index contributed by atoms with van der Waals surface area (Å²) in [4.78, 5) is 27.6. The smallest absolute Gasteiger partial charge is 0.433 e. The second kappa shape index (κ2) is 9.21. The van der Waals surface area contributed by atoms with Crippen LogP contribution in [-0.4, -0.2) is 22.5 Å². The van der Waals surface area contributed by atoms with Crippen LogP contribution >= 0.6 is 0 Å². The van der Waals surface area contributed by atoms with Crippen molar-refractivity contribution in [3.8, 4) is 0 Å². The van der Waals surface area contributed by atoms with E-state index in [1.165, 1.54) is 19.9 Å². The van der Waals surface area contributed by atoms with Gasteiger partial charge >= 0.3 is 12.1 Å². The van der Waals surface area contributed by atoms with E-state index in [1.807, 2.05) is 30.3 Å². The number of alkyl halides is 3. The van der Waals surface area contributed by atoms with Gasteiger partial charge in [-0.2, -0.15) is 13.2 Å². The van der Waals surface area contributed by atoms with E-state index in [9.17, 15) is 28.1 Å². The van der Waals surface area contributed by atoms with Crippen molar-refractivity contribution < 1.29 is 27.6 Å². The summed E-state index contributed by atoms with van der Waals surface area (Å²) in [6.07, 6.45) is -4.33. The van der Waals surface area contributed by atoms with Crippen LogP contribution in [0.5, 0.6) is 0 Å². The first-order valence-electron chi connectivity index (χ1n) is 9.67. The summed E-state index contributed by atoms with van der Waals surface area (Å²) >= 11 is 0. The highest BCUT2D eigenvalue weighted by molar-refractivity contribution is 5.92. The van der Waals surface area contributed by atoms with Crippen LogP contribution in [0.4, 0.5) is 13.2 Å². The number of carbonyl (C=O) groups is 1. The summed E-state index contributed by atoms with van der Waals surface area (Å²) in [6, 6.07) is 12.3. The molecule has 1 atom stereocenters. The highest BCUT2D eigenvalue weighted by Gasteiger charge is 2.43. The van der Waals surface area contributed by atoms with Gasteiger partial charge in [0, 0.05) is 12.1 Å². The van der Waals surface area contributed by atoms with E-state index in [2.05, 4.69) is 10.3 Å². The van der Waals surface area contributed by atoms with Gasteiger partial charge in [-0.05, 0) is 31.5 Å². The number of nitrogens with one attached hydrogen (secondary N) is 1. The van der Waals surface area contributed by atoms with Crippen molar-refractivity contribution in [2.45, 2.75) is 32.4 Å². The molecule has 0 spiro atoms. The Bertz CT molecular complexity index is 1100. The van der Waals surface area contributed by atoms with Gasteiger partial charge in [-0.15, -0.1) is 0 Å². The fraction of sp³-hybridized carbons (Fsp3) is 0.273. The number of ether oxygens (including phenoxy) is 1. The van der Waals surface area contributed by atoms with Gasteiger partial charge in [0.1, 0.15) is 11.6 Å². The van der Waals surface area contributed by atoms with Gasteiger partial charge < -0.3 is 10.1 Å². The SMILES string of the molecule is CC1=C(C(=O)OCCc2ccccc2)[C@@H](c2cccc(C(F)(F)F)n2)C([N+](=O)[O-])=C(C)N1. The molecule has 0 unspecified atom stereocenters. The molecule has 0 saturated carbocycles. The second-order valence-corrected chi connectivity index (χ2v) is 7.18. The van der Waals surface area contributed by atoms with Crippen LogP contribution in [0.3, 0.4) is 0 Å². The van der Waals surface area contributed by atoms with Crippen molar-refractivity contribution in [1.29, 1.82) is 0 Å². The monoisotopic (exact) mass is 447 g/mol. The number of nitro groups is 1. The third kappa shape index (κ3) is 4.96. The molecule has 1 aromatic carbocycles. The number of aromatic nitrogens is 1. The molecule has 1 aromatic heterocycles.